The van der Waals surface area contributed by atoms with E-state index in [1.165, 1.54) is 11.6 Å². The number of aryl methyl sites for hydroxylation is 2. The fraction of sp³-hybridized carbons (Fsp3) is 0.455. The van der Waals surface area contributed by atoms with Crippen LogP contribution in [-0.4, -0.2) is 6.54 Å². The van der Waals surface area contributed by atoms with Gasteiger partial charge in [-0.15, -0.1) is 0 Å². The van der Waals surface area contributed by atoms with Crippen molar-refractivity contribution in [1.82, 2.24) is 0 Å². The summed E-state index contributed by atoms with van der Waals surface area (Å²) in [6, 6.07) is 5.00. The molecule has 0 aliphatic heterocycles. The van der Waals surface area contributed by atoms with Crippen molar-refractivity contribution in [3.63, 3.8) is 0 Å². The summed E-state index contributed by atoms with van der Waals surface area (Å²) in [5, 5.41) is 0. The molecule has 13 heavy (non-hydrogen) atoms. The third-order valence-corrected chi connectivity index (χ3v) is 2.20. The van der Waals surface area contributed by atoms with Gasteiger partial charge in [-0.3, -0.25) is 0 Å². The average molecular weight is 181 g/mol. The number of hydrogen-bond donors (Lipinski definition) is 1. The summed E-state index contributed by atoms with van der Waals surface area (Å²) in [4.78, 5) is 0. The molecule has 0 radical (unpaired) electrons. The van der Waals surface area contributed by atoms with Gasteiger partial charge in [0.25, 0.3) is 0 Å². The number of nitrogens with two attached hydrogens (primary N) is 1. The molecule has 1 aromatic carbocycles. The van der Waals surface area contributed by atoms with Crippen molar-refractivity contribution in [3.8, 4) is 0 Å². The molecule has 72 valence electrons. The molecule has 0 spiro atoms. The van der Waals surface area contributed by atoms with Crippen LogP contribution in [0.5, 0.6) is 0 Å². The zero-order chi connectivity index (χ0) is 9.68. The molecule has 0 heterocycles. The molecule has 0 bridgehead atoms. The fourth-order valence-corrected chi connectivity index (χ4v) is 1.46. The molecule has 0 fully saturated rings. The monoisotopic (exact) mass is 181 g/mol. The highest BCUT2D eigenvalue weighted by atomic mass is 19.1. The van der Waals surface area contributed by atoms with Gasteiger partial charge in [0.1, 0.15) is 5.82 Å². The summed E-state index contributed by atoms with van der Waals surface area (Å²) in [6.45, 7) is 2.75. The van der Waals surface area contributed by atoms with Crippen LogP contribution in [-0.2, 0) is 12.8 Å². The van der Waals surface area contributed by atoms with Gasteiger partial charge >= 0.3 is 0 Å². The SMILES string of the molecule is CCc1ccc(F)cc1CCCN. The first-order valence-electron chi connectivity index (χ1n) is 4.75. The maximum Gasteiger partial charge on any atom is 0.123 e. The van der Waals surface area contributed by atoms with Gasteiger partial charge in [0.15, 0.2) is 0 Å². The van der Waals surface area contributed by atoms with E-state index >= 15 is 0 Å². The van der Waals surface area contributed by atoms with Crippen molar-refractivity contribution >= 4 is 0 Å². The van der Waals surface area contributed by atoms with Crippen LogP contribution in [0.1, 0.15) is 24.5 Å². The third-order valence-electron chi connectivity index (χ3n) is 2.20. The highest BCUT2D eigenvalue weighted by Crippen LogP contribution is 2.13. The molecule has 0 unspecified atom stereocenters. The van der Waals surface area contributed by atoms with Crippen LogP contribution in [0.3, 0.4) is 0 Å². The van der Waals surface area contributed by atoms with Crippen LogP contribution in [0, 0.1) is 5.82 Å². The normalized spacial score (nSPS) is 10.4. The Balaban J connectivity index is 2.81. The van der Waals surface area contributed by atoms with E-state index in [4.69, 9.17) is 5.73 Å². The Morgan fingerprint density at radius 2 is 2.08 bits per heavy atom. The first kappa shape index (κ1) is 10.2. The fourth-order valence-electron chi connectivity index (χ4n) is 1.46. The molecule has 0 saturated carbocycles. The Hall–Kier alpha value is -0.890. The molecular weight excluding hydrogens is 165 g/mol. The van der Waals surface area contributed by atoms with E-state index in [0.29, 0.717) is 6.54 Å². The average Bonchev–Trinajstić information content (AvgIpc) is 2.15. The van der Waals surface area contributed by atoms with E-state index in [9.17, 15) is 4.39 Å². The minimum Gasteiger partial charge on any atom is -0.330 e. The Morgan fingerprint density at radius 1 is 1.31 bits per heavy atom. The minimum atomic E-state index is -0.149. The maximum atomic E-state index is 12.9. The van der Waals surface area contributed by atoms with E-state index < -0.39 is 0 Å². The quantitative estimate of drug-likeness (QED) is 0.757. The second-order valence-corrected chi connectivity index (χ2v) is 3.16. The van der Waals surface area contributed by atoms with Crippen molar-refractivity contribution in [2.45, 2.75) is 26.2 Å². The molecule has 0 aliphatic rings. The standard InChI is InChI=1S/C11H16FN/c1-2-9-5-6-11(12)8-10(9)4-3-7-13/h5-6,8H,2-4,7,13H2,1H3. The molecular formula is C11H16FN. The third kappa shape index (κ3) is 2.81. The van der Waals surface area contributed by atoms with E-state index in [2.05, 4.69) is 6.92 Å². The van der Waals surface area contributed by atoms with Crippen LogP contribution < -0.4 is 5.73 Å². The van der Waals surface area contributed by atoms with Gasteiger partial charge in [0.2, 0.25) is 0 Å². The first-order valence-corrected chi connectivity index (χ1v) is 4.75. The van der Waals surface area contributed by atoms with Crippen LogP contribution in [0.2, 0.25) is 0 Å². The largest absolute Gasteiger partial charge is 0.330 e. The molecule has 0 saturated heterocycles. The highest BCUT2D eigenvalue weighted by molar-refractivity contribution is 5.28. The Labute approximate surface area is 78.8 Å². The van der Waals surface area contributed by atoms with Gasteiger partial charge in [-0.05, 0) is 49.1 Å². The van der Waals surface area contributed by atoms with Crippen molar-refractivity contribution in [2.24, 2.45) is 5.73 Å². The second kappa shape index (κ2) is 4.97. The highest BCUT2D eigenvalue weighted by Gasteiger charge is 2.01. The minimum absolute atomic E-state index is 0.149. The van der Waals surface area contributed by atoms with Crippen molar-refractivity contribution in [3.05, 3.63) is 35.1 Å². The molecule has 1 nitrogen and oxygen atoms in total. The van der Waals surface area contributed by atoms with E-state index in [1.807, 2.05) is 6.07 Å². The van der Waals surface area contributed by atoms with E-state index in [0.717, 1.165) is 24.8 Å². The number of hydrogen-bond acceptors (Lipinski definition) is 1. The summed E-state index contributed by atoms with van der Waals surface area (Å²) >= 11 is 0. The number of benzene rings is 1. The van der Waals surface area contributed by atoms with Gasteiger partial charge < -0.3 is 5.73 Å². The van der Waals surface area contributed by atoms with E-state index in [1.54, 1.807) is 6.07 Å². The van der Waals surface area contributed by atoms with Gasteiger partial charge in [-0.25, -0.2) is 4.39 Å². The molecule has 0 aromatic heterocycles. The van der Waals surface area contributed by atoms with Gasteiger partial charge in [-0.2, -0.15) is 0 Å². The maximum absolute atomic E-state index is 12.9. The predicted octanol–water partition coefficient (Wildman–Crippen LogP) is 2.28. The smallest absolute Gasteiger partial charge is 0.123 e. The van der Waals surface area contributed by atoms with Crippen molar-refractivity contribution < 1.29 is 4.39 Å². The molecule has 0 atom stereocenters. The predicted molar refractivity (Wildman–Crippen MR) is 53.2 cm³/mol. The Kier molecular flexibility index (Phi) is 3.90. The first-order chi connectivity index (χ1) is 6.27. The van der Waals surface area contributed by atoms with Crippen LogP contribution in [0.15, 0.2) is 18.2 Å². The van der Waals surface area contributed by atoms with E-state index in [-0.39, 0.29) is 5.82 Å². The zero-order valence-electron chi connectivity index (χ0n) is 8.02. The van der Waals surface area contributed by atoms with Gasteiger partial charge in [0, 0.05) is 0 Å². The van der Waals surface area contributed by atoms with Gasteiger partial charge in [0.05, 0.1) is 0 Å². The number of halogens is 1. The number of rotatable bonds is 4. The lowest BCUT2D eigenvalue weighted by Crippen LogP contribution is -2.02. The van der Waals surface area contributed by atoms with Crippen LogP contribution in [0.4, 0.5) is 4.39 Å². The Bertz CT molecular complexity index is 271. The lowest BCUT2D eigenvalue weighted by molar-refractivity contribution is 0.623. The van der Waals surface area contributed by atoms with Gasteiger partial charge in [-0.1, -0.05) is 13.0 Å². The summed E-state index contributed by atoms with van der Waals surface area (Å²) < 4.78 is 12.9. The lowest BCUT2D eigenvalue weighted by Gasteiger charge is -2.06. The molecule has 1 rings (SSSR count). The van der Waals surface area contributed by atoms with Crippen molar-refractivity contribution in [2.75, 3.05) is 6.54 Å². The second-order valence-electron chi connectivity index (χ2n) is 3.16. The van der Waals surface area contributed by atoms with Crippen LogP contribution in [0.25, 0.3) is 0 Å². The molecule has 0 amide bonds. The topological polar surface area (TPSA) is 26.0 Å². The summed E-state index contributed by atoms with van der Waals surface area (Å²) in [5.41, 5.74) is 7.75. The summed E-state index contributed by atoms with van der Waals surface area (Å²) in [6.07, 6.45) is 2.77. The Morgan fingerprint density at radius 3 is 2.69 bits per heavy atom. The molecule has 0 aliphatic carbocycles. The molecule has 2 heteroatoms. The van der Waals surface area contributed by atoms with Crippen LogP contribution >= 0.6 is 0 Å². The summed E-state index contributed by atoms with van der Waals surface area (Å²) in [5.74, 6) is -0.149. The van der Waals surface area contributed by atoms with Crippen molar-refractivity contribution in [1.29, 1.82) is 0 Å². The molecule has 1 aromatic rings. The summed E-state index contributed by atoms with van der Waals surface area (Å²) in [7, 11) is 0. The lowest BCUT2D eigenvalue weighted by atomic mass is 10.0. The molecule has 2 N–H and O–H groups in total. The zero-order valence-corrected chi connectivity index (χ0v) is 8.02.